The van der Waals surface area contributed by atoms with Crippen LogP contribution in [0.4, 0.5) is 0 Å². The lowest BCUT2D eigenvalue weighted by molar-refractivity contribution is -0.136. The summed E-state index contributed by atoms with van der Waals surface area (Å²) in [5.74, 6) is -0.849. The van der Waals surface area contributed by atoms with Crippen LogP contribution >= 0.6 is 0 Å². The van der Waals surface area contributed by atoms with E-state index in [0.29, 0.717) is 25.7 Å². The highest BCUT2D eigenvalue weighted by Gasteiger charge is 2.35. The molecule has 6 nitrogen and oxygen atoms in total. The highest BCUT2D eigenvalue weighted by Crippen LogP contribution is 2.25. The molecule has 1 aliphatic rings. The smallest absolute Gasteiger partial charge is 0.303 e. The van der Waals surface area contributed by atoms with E-state index in [9.17, 15) is 20.1 Å². The SMILES string of the molecule is CC/C=C\C/C=C\C[C@H](O)[C@H]1C[C@H](O)[C@H](/C=C/[C@@H](O)C/C=C\CCC(=O)O)O1. The van der Waals surface area contributed by atoms with Gasteiger partial charge in [-0.05, 0) is 32.1 Å². The van der Waals surface area contributed by atoms with Crippen LogP contribution in [0.15, 0.2) is 48.6 Å². The fourth-order valence-electron chi connectivity index (χ4n) is 2.84. The molecule has 0 unspecified atom stereocenters. The van der Waals surface area contributed by atoms with Crippen LogP contribution in [-0.4, -0.2) is 56.9 Å². The Bertz CT molecular complexity index is 551. The molecule has 0 radical (unpaired) electrons. The second-order valence-electron chi connectivity index (χ2n) is 6.92. The van der Waals surface area contributed by atoms with Crippen LogP contribution in [0.3, 0.4) is 0 Å². The second kappa shape index (κ2) is 14.3. The molecule has 6 heteroatoms. The van der Waals surface area contributed by atoms with E-state index in [1.54, 1.807) is 24.3 Å². The van der Waals surface area contributed by atoms with E-state index in [-0.39, 0.29) is 6.42 Å². The second-order valence-corrected chi connectivity index (χ2v) is 6.92. The summed E-state index contributed by atoms with van der Waals surface area (Å²) in [6.07, 6.45) is 15.1. The zero-order valence-corrected chi connectivity index (χ0v) is 16.6. The number of carboxylic acids is 1. The monoisotopic (exact) mass is 394 g/mol. The van der Waals surface area contributed by atoms with Crippen molar-refractivity contribution in [1.29, 1.82) is 0 Å². The molecular formula is C22H34O6. The van der Waals surface area contributed by atoms with Crippen LogP contribution in [0, 0.1) is 0 Å². The Labute approximate surface area is 167 Å². The van der Waals surface area contributed by atoms with Crippen LogP contribution < -0.4 is 0 Å². The molecule has 1 fully saturated rings. The maximum Gasteiger partial charge on any atom is 0.303 e. The number of carbonyl (C=O) groups is 1. The van der Waals surface area contributed by atoms with Gasteiger partial charge in [-0.3, -0.25) is 4.79 Å². The van der Waals surface area contributed by atoms with Crippen LogP contribution in [0.1, 0.15) is 51.9 Å². The Morgan fingerprint density at radius 1 is 1.11 bits per heavy atom. The van der Waals surface area contributed by atoms with Gasteiger partial charge >= 0.3 is 5.97 Å². The molecule has 1 aliphatic heterocycles. The van der Waals surface area contributed by atoms with Gasteiger partial charge in [0.15, 0.2) is 0 Å². The van der Waals surface area contributed by atoms with Gasteiger partial charge in [-0.15, -0.1) is 0 Å². The number of ether oxygens (including phenoxy) is 1. The zero-order chi connectivity index (χ0) is 20.8. The minimum Gasteiger partial charge on any atom is -0.481 e. The average molecular weight is 395 g/mol. The molecule has 5 atom stereocenters. The molecule has 158 valence electrons. The molecule has 1 rings (SSSR count). The molecule has 0 spiro atoms. The number of aliphatic carboxylic acids is 1. The van der Waals surface area contributed by atoms with E-state index < -0.39 is 36.5 Å². The van der Waals surface area contributed by atoms with E-state index >= 15 is 0 Å². The first-order valence-corrected chi connectivity index (χ1v) is 9.98. The van der Waals surface area contributed by atoms with Crippen molar-refractivity contribution in [2.75, 3.05) is 0 Å². The molecule has 0 aliphatic carbocycles. The lowest BCUT2D eigenvalue weighted by Crippen LogP contribution is -2.25. The Hall–Kier alpha value is -1.73. The van der Waals surface area contributed by atoms with Crippen LogP contribution in [-0.2, 0) is 9.53 Å². The number of aliphatic hydroxyl groups is 3. The van der Waals surface area contributed by atoms with Crippen LogP contribution in [0.5, 0.6) is 0 Å². The van der Waals surface area contributed by atoms with Gasteiger partial charge in [0.2, 0.25) is 0 Å². The summed E-state index contributed by atoms with van der Waals surface area (Å²) in [6.45, 7) is 2.08. The van der Waals surface area contributed by atoms with E-state index in [1.807, 2.05) is 12.2 Å². The Morgan fingerprint density at radius 2 is 1.82 bits per heavy atom. The van der Waals surface area contributed by atoms with Gasteiger partial charge in [0.1, 0.15) is 6.10 Å². The summed E-state index contributed by atoms with van der Waals surface area (Å²) in [6, 6.07) is 0. The van der Waals surface area contributed by atoms with Gasteiger partial charge in [0.05, 0.1) is 24.4 Å². The molecule has 0 bridgehead atoms. The largest absolute Gasteiger partial charge is 0.481 e. The minimum absolute atomic E-state index is 0.0683. The van der Waals surface area contributed by atoms with Crippen molar-refractivity contribution in [1.82, 2.24) is 0 Å². The third-order valence-corrected chi connectivity index (χ3v) is 4.42. The van der Waals surface area contributed by atoms with Crippen LogP contribution in [0.25, 0.3) is 0 Å². The van der Waals surface area contributed by atoms with Gasteiger partial charge in [-0.25, -0.2) is 0 Å². The topological polar surface area (TPSA) is 107 Å². The molecule has 0 aromatic carbocycles. The van der Waals surface area contributed by atoms with Gasteiger partial charge in [-0.2, -0.15) is 0 Å². The fraction of sp³-hybridized carbons (Fsp3) is 0.591. The molecule has 0 aromatic heterocycles. The number of hydrogen-bond acceptors (Lipinski definition) is 5. The molecule has 1 heterocycles. The maximum atomic E-state index is 10.4. The number of allylic oxidation sites excluding steroid dienone is 4. The predicted molar refractivity (Wildman–Crippen MR) is 109 cm³/mol. The van der Waals surface area contributed by atoms with Crippen molar-refractivity contribution >= 4 is 5.97 Å². The Kier molecular flexibility index (Phi) is 12.4. The fourth-order valence-corrected chi connectivity index (χ4v) is 2.84. The first-order chi connectivity index (χ1) is 13.4. The summed E-state index contributed by atoms with van der Waals surface area (Å²) in [4.78, 5) is 10.4. The van der Waals surface area contributed by atoms with Crippen molar-refractivity contribution in [3.8, 4) is 0 Å². The van der Waals surface area contributed by atoms with E-state index in [0.717, 1.165) is 12.8 Å². The lowest BCUT2D eigenvalue weighted by atomic mass is 10.0. The van der Waals surface area contributed by atoms with Gasteiger partial charge in [0, 0.05) is 12.8 Å². The van der Waals surface area contributed by atoms with Crippen molar-refractivity contribution in [3.63, 3.8) is 0 Å². The molecule has 0 amide bonds. The lowest BCUT2D eigenvalue weighted by Gasteiger charge is -2.16. The molecule has 4 N–H and O–H groups in total. The number of aliphatic hydroxyl groups excluding tert-OH is 3. The molecule has 28 heavy (non-hydrogen) atoms. The highest BCUT2D eigenvalue weighted by atomic mass is 16.5. The Morgan fingerprint density at radius 3 is 2.54 bits per heavy atom. The molecular weight excluding hydrogens is 360 g/mol. The molecule has 1 saturated heterocycles. The standard InChI is InChI=1S/C22H34O6/c1-2-3-4-5-6-9-12-18(24)21-16-19(25)20(28-21)15-14-17(23)11-8-7-10-13-22(26)27/h3-4,6-9,14-15,17-21,23-25H,2,5,10-13,16H2,1H3,(H,26,27)/b4-3-,8-7-,9-6-,15-14+/t17-,18-,19-,20-,21+/m0/s1. The third-order valence-electron chi connectivity index (χ3n) is 4.42. The average Bonchev–Trinajstić information content (AvgIpc) is 3.03. The van der Waals surface area contributed by atoms with Crippen molar-refractivity contribution in [2.45, 2.75) is 82.4 Å². The van der Waals surface area contributed by atoms with E-state index in [2.05, 4.69) is 19.1 Å². The van der Waals surface area contributed by atoms with Gasteiger partial charge in [-0.1, -0.05) is 55.5 Å². The molecule has 0 aromatic rings. The quantitative estimate of drug-likeness (QED) is 0.358. The summed E-state index contributed by atoms with van der Waals surface area (Å²) >= 11 is 0. The van der Waals surface area contributed by atoms with E-state index in [4.69, 9.17) is 9.84 Å². The van der Waals surface area contributed by atoms with Crippen LogP contribution in [0.2, 0.25) is 0 Å². The summed E-state index contributed by atoms with van der Waals surface area (Å²) in [5.41, 5.74) is 0. The predicted octanol–water partition coefficient (Wildman–Crippen LogP) is 2.90. The van der Waals surface area contributed by atoms with E-state index in [1.165, 1.54) is 0 Å². The van der Waals surface area contributed by atoms with Crippen molar-refractivity contribution < 1.29 is 30.0 Å². The first kappa shape index (κ1) is 24.3. The summed E-state index contributed by atoms with van der Waals surface area (Å²) < 4.78 is 5.72. The highest BCUT2D eigenvalue weighted by molar-refractivity contribution is 5.66. The number of carboxylic acid groups (broad SMARTS) is 1. The van der Waals surface area contributed by atoms with Crippen molar-refractivity contribution in [3.05, 3.63) is 48.6 Å². The van der Waals surface area contributed by atoms with Gasteiger partial charge in [0.25, 0.3) is 0 Å². The number of rotatable bonds is 13. The Balaban J connectivity index is 2.34. The minimum atomic E-state index is -0.849. The third kappa shape index (κ3) is 10.6. The van der Waals surface area contributed by atoms with Gasteiger partial charge < -0.3 is 25.2 Å². The normalized spacial score (nSPS) is 25.5. The summed E-state index contributed by atoms with van der Waals surface area (Å²) in [5, 5.41) is 38.8. The maximum absolute atomic E-state index is 10.4. The number of hydrogen-bond donors (Lipinski definition) is 4. The molecule has 0 saturated carbocycles. The summed E-state index contributed by atoms with van der Waals surface area (Å²) in [7, 11) is 0. The van der Waals surface area contributed by atoms with Crippen molar-refractivity contribution in [2.24, 2.45) is 0 Å². The zero-order valence-electron chi connectivity index (χ0n) is 16.6. The first-order valence-electron chi connectivity index (χ1n) is 9.98.